The van der Waals surface area contributed by atoms with Crippen LogP contribution in [-0.4, -0.2) is 45.9 Å². The number of fused-ring (bicyclic) bond motifs is 1. The lowest BCUT2D eigenvalue weighted by molar-refractivity contribution is -0.117. The molecule has 3 rings (SSSR count). The van der Waals surface area contributed by atoms with Gasteiger partial charge in [0.2, 0.25) is 5.91 Å². The van der Waals surface area contributed by atoms with Gasteiger partial charge in [-0.15, -0.1) is 0 Å². The lowest BCUT2D eigenvalue weighted by Gasteiger charge is -2.36. The predicted molar refractivity (Wildman–Crippen MR) is 91.2 cm³/mol. The molecule has 1 aliphatic heterocycles. The van der Waals surface area contributed by atoms with Crippen molar-refractivity contribution in [1.82, 2.24) is 9.88 Å². The van der Waals surface area contributed by atoms with E-state index in [1.807, 2.05) is 11.8 Å². The van der Waals surface area contributed by atoms with E-state index in [4.69, 9.17) is 0 Å². The van der Waals surface area contributed by atoms with Crippen molar-refractivity contribution < 1.29 is 9.18 Å². The van der Waals surface area contributed by atoms with Crippen molar-refractivity contribution in [3.8, 4) is 0 Å². The number of hydrogen-bond acceptors (Lipinski definition) is 5. The van der Waals surface area contributed by atoms with Crippen LogP contribution in [0.1, 0.15) is 13.8 Å². The Bertz CT molecular complexity index is 690. The van der Waals surface area contributed by atoms with Crippen LogP contribution in [0.4, 0.5) is 9.52 Å². The van der Waals surface area contributed by atoms with Crippen molar-refractivity contribution in [2.24, 2.45) is 0 Å². The van der Waals surface area contributed by atoms with Crippen LogP contribution in [0.5, 0.6) is 0 Å². The van der Waals surface area contributed by atoms with Gasteiger partial charge >= 0.3 is 0 Å². The summed E-state index contributed by atoms with van der Waals surface area (Å²) in [6.07, 6.45) is 0. The van der Waals surface area contributed by atoms with Gasteiger partial charge in [0.05, 0.1) is 16.8 Å². The largest absolute Gasteiger partial charge is 0.301 e. The van der Waals surface area contributed by atoms with Crippen LogP contribution in [0.25, 0.3) is 10.2 Å². The molecule has 2 unspecified atom stereocenters. The summed E-state index contributed by atoms with van der Waals surface area (Å²) in [7, 11) is 0. The first kappa shape index (κ1) is 15.7. The highest BCUT2D eigenvalue weighted by Crippen LogP contribution is 2.27. The van der Waals surface area contributed by atoms with E-state index < -0.39 is 0 Å². The highest BCUT2D eigenvalue weighted by atomic mass is 32.2. The molecule has 1 saturated heterocycles. The Morgan fingerprint density at radius 1 is 1.50 bits per heavy atom. The number of anilines is 1. The molecular weight excluding hydrogens is 321 g/mol. The third kappa shape index (κ3) is 3.42. The van der Waals surface area contributed by atoms with Gasteiger partial charge < -0.3 is 5.32 Å². The van der Waals surface area contributed by atoms with Gasteiger partial charge in [-0.3, -0.25) is 9.69 Å². The van der Waals surface area contributed by atoms with Crippen molar-refractivity contribution >= 4 is 44.4 Å². The Morgan fingerprint density at radius 3 is 3.14 bits per heavy atom. The molecule has 1 aromatic heterocycles. The number of rotatable bonds is 3. The van der Waals surface area contributed by atoms with Crippen molar-refractivity contribution in [3.05, 3.63) is 24.0 Å². The Kier molecular flexibility index (Phi) is 4.65. The molecule has 0 bridgehead atoms. The number of carbonyl (C=O) groups excluding carboxylic acids is 1. The first-order valence-electron chi connectivity index (χ1n) is 7.24. The van der Waals surface area contributed by atoms with Crippen LogP contribution < -0.4 is 5.32 Å². The van der Waals surface area contributed by atoms with Gasteiger partial charge in [-0.1, -0.05) is 18.3 Å². The topological polar surface area (TPSA) is 45.2 Å². The lowest BCUT2D eigenvalue weighted by Crippen LogP contribution is -2.47. The molecule has 4 nitrogen and oxygen atoms in total. The van der Waals surface area contributed by atoms with Crippen molar-refractivity contribution in [3.63, 3.8) is 0 Å². The minimum absolute atomic E-state index is 0.0644. The molecule has 22 heavy (non-hydrogen) atoms. The fourth-order valence-electron chi connectivity index (χ4n) is 2.51. The van der Waals surface area contributed by atoms with E-state index in [1.54, 1.807) is 6.07 Å². The number of amides is 1. The van der Waals surface area contributed by atoms with Crippen LogP contribution in [0.2, 0.25) is 0 Å². The van der Waals surface area contributed by atoms with E-state index in [-0.39, 0.29) is 11.7 Å². The molecule has 1 fully saturated rings. The zero-order valence-corrected chi connectivity index (χ0v) is 14.1. The maximum Gasteiger partial charge on any atom is 0.240 e. The number of halogens is 1. The molecule has 2 aromatic rings. The molecule has 0 spiro atoms. The molecule has 0 saturated carbocycles. The average molecular weight is 339 g/mol. The number of aromatic nitrogens is 1. The number of thioether (sulfide) groups is 1. The number of benzene rings is 1. The van der Waals surface area contributed by atoms with E-state index >= 15 is 0 Å². The summed E-state index contributed by atoms with van der Waals surface area (Å²) in [4.78, 5) is 18.7. The van der Waals surface area contributed by atoms with Gasteiger partial charge in [0.25, 0.3) is 0 Å². The molecule has 1 amide bonds. The fraction of sp³-hybridized carbons (Fsp3) is 0.467. The van der Waals surface area contributed by atoms with Gasteiger partial charge in [-0.05, 0) is 25.1 Å². The number of thiazole rings is 1. The summed E-state index contributed by atoms with van der Waals surface area (Å²) in [6.45, 7) is 5.65. The van der Waals surface area contributed by atoms with E-state index in [0.717, 1.165) is 17.0 Å². The van der Waals surface area contributed by atoms with Crippen molar-refractivity contribution in [1.29, 1.82) is 0 Å². The number of nitrogens with zero attached hydrogens (tertiary/aromatic N) is 2. The molecular formula is C15H18FN3OS2. The van der Waals surface area contributed by atoms with Gasteiger partial charge in [0, 0.05) is 23.6 Å². The number of carbonyl (C=O) groups is 1. The highest BCUT2D eigenvalue weighted by molar-refractivity contribution is 8.00. The Hall–Kier alpha value is -1.18. The van der Waals surface area contributed by atoms with E-state index in [1.165, 1.54) is 23.5 Å². The summed E-state index contributed by atoms with van der Waals surface area (Å²) in [5.74, 6) is 0.701. The molecule has 2 heterocycles. The lowest BCUT2D eigenvalue weighted by atomic mass is 10.2. The monoisotopic (exact) mass is 339 g/mol. The first-order valence-corrected chi connectivity index (χ1v) is 9.11. The standard InChI is InChI=1S/C15H18FN3OS2/c1-9-10(2)21-6-5-19(9)8-14(20)18-15-17-12-4-3-11(16)7-13(12)22-15/h3-4,7,9-10H,5-6,8H2,1-2H3,(H,17,18,20). The maximum atomic E-state index is 13.2. The molecule has 1 aliphatic rings. The van der Waals surface area contributed by atoms with Crippen LogP contribution in [0.3, 0.4) is 0 Å². The van der Waals surface area contributed by atoms with Crippen LogP contribution in [0, 0.1) is 5.82 Å². The van der Waals surface area contributed by atoms with Crippen LogP contribution in [-0.2, 0) is 4.79 Å². The molecule has 1 aromatic carbocycles. The van der Waals surface area contributed by atoms with Crippen LogP contribution in [0.15, 0.2) is 18.2 Å². The molecule has 0 radical (unpaired) electrons. The van der Waals surface area contributed by atoms with E-state index in [0.29, 0.717) is 28.5 Å². The van der Waals surface area contributed by atoms with Crippen molar-refractivity contribution in [2.45, 2.75) is 25.1 Å². The molecule has 1 N–H and O–H groups in total. The predicted octanol–water partition coefficient (Wildman–Crippen LogP) is 3.20. The van der Waals surface area contributed by atoms with Gasteiger partial charge in [0.15, 0.2) is 5.13 Å². The van der Waals surface area contributed by atoms with E-state index in [2.05, 4.69) is 29.0 Å². The zero-order chi connectivity index (χ0) is 15.7. The SMILES string of the molecule is CC1SCCN(CC(=O)Nc2nc3ccc(F)cc3s2)C1C. The second kappa shape index (κ2) is 6.52. The second-order valence-corrected chi connectivity index (χ2v) is 7.98. The average Bonchev–Trinajstić information content (AvgIpc) is 2.85. The van der Waals surface area contributed by atoms with Gasteiger partial charge in [0.1, 0.15) is 5.82 Å². The molecule has 2 atom stereocenters. The Labute approximate surface area is 137 Å². The minimum Gasteiger partial charge on any atom is -0.301 e. The molecule has 0 aliphatic carbocycles. The van der Waals surface area contributed by atoms with Gasteiger partial charge in [-0.25, -0.2) is 9.37 Å². The summed E-state index contributed by atoms with van der Waals surface area (Å²) >= 11 is 3.24. The smallest absolute Gasteiger partial charge is 0.240 e. The molecule has 7 heteroatoms. The van der Waals surface area contributed by atoms with Crippen molar-refractivity contribution in [2.75, 3.05) is 24.2 Å². The Balaban J connectivity index is 1.65. The van der Waals surface area contributed by atoms with Gasteiger partial charge in [-0.2, -0.15) is 11.8 Å². The summed E-state index contributed by atoms with van der Waals surface area (Å²) in [6, 6.07) is 4.83. The van der Waals surface area contributed by atoms with E-state index in [9.17, 15) is 9.18 Å². The quantitative estimate of drug-likeness (QED) is 0.933. The highest BCUT2D eigenvalue weighted by Gasteiger charge is 2.26. The zero-order valence-electron chi connectivity index (χ0n) is 12.5. The fourth-order valence-corrected chi connectivity index (χ4v) is 4.58. The summed E-state index contributed by atoms with van der Waals surface area (Å²) in [5.41, 5.74) is 0.707. The summed E-state index contributed by atoms with van der Waals surface area (Å²) < 4.78 is 13.9. The van der Waals surface area contributed by atoms with Crippen LogP contribution >= 0.6 is 23.1 Å². The minimum atomic E-state index is -0.289. The second-order valence-electron chi connectivity index (χ2n) is 5.47. The number of nitrogens with one attached hydrogen (secondary N) is 1. The maximum absolute atomic E-state index is 13.2. The summed E-state index contributed by atoms with van der Waals surface area (Å²) in [5, 5.41) is 3.89. The first-order chi connectivity index (χ1) is 10.5. The molecule has 118 valence electrons. The normalized spacial score (nSPS) is 22.9. The Morgan fingerprint density at radius 2 is 2.32 bits per heavy atom. The third-order valence-electron chi connectivity index (χ3n) is 3.96. The number of hydrogen-bond donors (Lipinski definition) is 1. The third-order valence-corrected chi connectivity index (χ3v) is 6.23.